The molecule has 0 aliphatic carbocycles. The molecule has 108 valence electrons. The number of nitrogens with one attached hydrogen (secondary N) is 1. The molecule has 0 bridgehead atoms. The van der Waals surface area contributed by atoms with E-state index in [1.807, 2.05) is 20.9 Å². The molecule has 1 aliphatic rings. The summed E-state index contributed by atoms with van der Waals surface area (Å²) >= 11 is 0. The van der Waals surface area contributed by atoms with Crippen LogP contribution < -0.4 is 5.32 Å². The quantitative estimate of drug-likeness (QED) is 0.701. The third-order valence-corrected chi connectivity index (χ3v) is 3.37. The second-order valence-corrected chi connectivity index (χ2v) is 4.67. The standard InChI is InChI=1S/C12H25N3O.C2H6/c1-3-15(9-8-14(2)11-16)10-12-4-6-13-7-5-12;1-2/h11-13H,3-10H2,1-2H3;1-2H3. The van der Waals surface area contributed by atoms with E-state index in [1.165, 1.54) is 19.4 Å². The zero-order chi connectivity index (χ0) is 13.8. The highest BCUT2D eigenvalue weighted by molar-refractivity contribution is 5.46. The van der Waals surface area contributed by atoms with Gasteiger partial charge in [0.05, 0.1) is 0 Å². The maximum Gasteiger partial charge on any atom is 0.209 e. The molecule has 4 heteroatoms. The third kappa shape index (κ3) is 7.67. The van der Waals surface area contributed by atoms with Crippen LogP contribution in [0.15, 0.2) is 0 Å². The second-order valence-electron chi connectivity index (χ2n) is 4.67. The lowest BCUT2D eigenvalue weighted by Gasteiger charge is -2.30. The van der Waals surface area contributed by atoms with Crippen molar-refractivity contribution in [1.29, 1.82) is 0 Å². The van der Waals surface area contributed by atoms with E-state index >= 15 is 0 Å². The summed E-state index contributed by atoms with van der Waals surface area (Å²) in [4.78, 5) is 14.7. The Labute approximate surface area is 113 Å². The number of carbonyl (C=O) groups is 1. The van der Waals surface area contributed by atoms with Crippen LogP contribution in [0.25, 0.3) is 0 Å². The summed E-state index contributed by atoms with van der Waals surface area (Å²) in [6.45, 7) is 12.6. The van der Waals surface area contributed by atoms with E-state index in [0.717, 1.165) is 45.1 Å². The Morgan fingerprint density at radius 1 is 1.22 bits per heavy atom. The minimum absolute atomic E-state index is 0.836. The lowest BCUT2D eigenvalue weighted by atomic mass is 9.97. The molecule has 0 aromatic carbocycles. The van der Waals surface area contributed by atoms with Crippen LogP contribution in [0.2, 0.25) is 0 Å². The van der Waals surface area contributed by atoms with Gasteiger partial charge in [0.1, 0.15) is 0 Å². The Bertz CT molecular complexity index is 193. The van der Waals surface area contributed by atoms with Crippen molar-refractivity contribution in [2.75, 3.05) is 46.3 Å². The Morgan fingerprint density at radius 2 is 1.83 bits per heavy atom. The third-order valence-electron chi connectivity index (χ3n) is 3.37. The summed E-state index contributed by atoms with van der Waals surface area (Å²) in [5, 5.41) is 3.39. The lowest BCUT2D eigenvalue weighted by Crippen LogP contribution is -2.39. The van der Waals surface area contributed by atoms with Crippen molar-refractivity contribution in [3.8, 4) is 0 Å². The summed E-state index contributed by atoms with van der Waals surface area (Å²) in [5.74, 6) is 0.836. The minimum Gasteiger partial charge on any atom is -0.347 e. The lowest BCUT2D eigenvalue weighted by molar-refractivity contribution is -0.117. The molecule has 1 aliphatic heterocycles. The fourth-order valence-electron chi connectivity index (χ4n) is 2.16. The topological polar surface area (TPSA) is 35.6 Å². The van der Waals surface area contributed by atoms with Gasteiger partial charge in [0.15, 0.2) is 0 Å². The van der Waals surface area contributed by atoms with E-state index in [0.29, 0.717) is 0 Å². The van der Waals surface area contributed by atoms with Crippen molar-refractivity contribution in [2.24, 2.45) is 5.92 Å². The van der Waals surface area contributed by atoms with Crippen molar-refractivity contribution in [3.05, 3.63) is 0 Å². The Morgan fingerprint density at radius 3 is 2.33 bits per heavy atom. The van der Waals surface area contributed by atoms with Crippen LogP contribution in [-0.2, 0) is 4.79 Å². The molecule has 1 N–H and O–H groups in total. The SMILES string of the molecule is CC.CCN(CCN(C)C=O)CC1CCNCC1. The van der Waals surface area contributed by atoms with E-state index in [4.69, 9.17) is 0 Å². The van der Waals surface area contributed by atoms with Crippen LogP contribution in [0.3, 0.4) is 0 Å². The molecule has 0 aromatic heterocycles. The van der Waals surface area contributed by atoms with E-state index in [9.17, 15) is 4.79 Å². The number of rotatable bonds is 7. The van der Waals surface area contributed by atoms with Gasteiger partial charge < -0.3 is 15.1 Å². The average molecular weight is 257 g/mol. The highest BCUT2D eigenvalue weighted by Crippen LogP contribution is 2.13. The number of amides is 1. The Balaban J connectivity index is 0.00000137. The van der Waals surface area contributed by atoms with Gasteiger partial charge in [-0.05, 0) is 38.4 Å². The van der Waals surface area contributed by atoms with Crippen LogP contribution >= 0.6 is 0 Å². The summed E-state index contributed by atoms with van der Waals surface area (Å²) in [6, 6.07) is 0. The van der Waals surface area contributed by atoms with Crippen molar-refractivity contribution < 1.29 is 4.79 Å². The molecule has 0 unspecified atom stereocenters. The van der Waals surface area contributed by atoms with Crippen molar-refractivity contribution in [3.63, 3.8) is 0 Å². The predicted octanol–water partition coefficient (Wildman–Crippen LogP) is 1.42. The summed E-state index contributed by atoms with van der Waals surface area (Å²) in [5.41, 5.74) is 0. The van der Waals surface area contributed by atoms with Crippen molar-refractivity contribution in [1.82, 2.24) is 15.1 Å². The van der Waals surface area contributed by atoms with Crippen LogP contribution in [0, 0.1) is 5.92 Å². The van der Waals surface area contributed by atoms with E-state index in [-0.39, 0.29) is 0 Å². The van der Waals surface area contributed by atoms with Gasteiger partial charge in [-0.3, -0.25) is 4.79 Å². The highest BCUT2D eigenvalue weighted by atomic mass is 16.1. The fraction of sp³-hybridized carbons (Fsp3) is 0.929. The molecule has 1 heterocycles. The number of nitrogens with zero attached hydrogens (tertiary/aromatic N) is 2. The van der Waals surface area contributed by atoms with Crippen molar-refractivity contribution in [2.45, 2.75) is 33.6 Å². The molecular formula is C14H31N3O. The molecule has 1 fully saturated rings. The van der Waals surface area contributed by atoms with Gasteiger partial charge in [0, 0.05) is 26.7 Å². The van der Waals surface area contributed by atoms with Crippen molar-refractivity contribution >= 4 is 6.41 Å². The first kappa shape index (κ1) is 17.4. The molecule has 1 amide bonds. The summed E-state index contributed by atoms with van der Waals surface area (Å²) < 4.78 is 0. The smallest absolute Gasteiger partial charge is 0.209 e. The zero-order valence-corrected chi connectivity index (χ0v) is 12.6. The molecule has 0 radical (unpaired) electrons. The predicted molar refractivity (Wildman–Crippen MR) is 77.7 cm³/mol. The largest absolute Gasteiger partial charge is 0.347 e. The van der Waals surface area contributed by atoms with Crippen LogP contribution in [-0.4, -0.2) is 62.5 Å². The molecule has 4 nitrogen and oxygen atoms in total. The highest BCUT2D eigenvalue weighted by Gasteiger charge is 2.16. The molecule has 0 saturated carbocycles. The monoisotopic (exact) mass is 257 g/mol. The number of likely N-dealkylation sites (N-methyl/N-ethyl adjacent to an activating group) is 2. The van der Waals surface area contributed by atoms with Gasteiger partial charge >= 0.3 is 0 Å². The Hall–Kier alpha value is -0.610. The Kier molecular flexibility index (Phi) is 11.1. The van der Waals surface area contributed by atoms with E-state index < -0.39 is 0 Å². The molecule has 0 atom stereocenters. The van der Waals surface area contributed by atoms with Gasteiger partial charge in [-0.2, -0.15) is 0 Å². The summed E-state index contributed by atoms with van der Waals surface area (Å²) in [6.07, 6.45) is 3.48. The van der Waals surface area contributed by atoms with Crippen LogP contribution in [0.1, 0.15) is 33.6 Å². The van der Waals surface area contributed by atoms with E-state index in [1.54, 1.807) is 4.90 Å². The molecule has 1 rings (SSSR count). The molecule has 0 aromatic rings. The van der Waals surface area contributed by atoms with Gasteiger partial charge in [-0.1, -0.05) is 20.8 Å². The molecule has 0 spiro atoms. The number of carbonyl (C=O) groups excluding carboxylic acids is 1. The minimum atomic E-state index is 0.836. The van der Waals surface area contributed by atoms with Crippen LogP contribution in [0.4, 0.5) is 0 Å². The fourth-order valence-corrected chi connectivity index (χ4v) is 2.16. The first-order valence-corrected chi connectivity index (χ1v) is 7.34. The maximum atomic E-state index is 10.5. The molecule has 18 heavy (non-hydrogen) atoms. The molecular weight excluding hydrogens is 226 g/mol. The first-order chi connectivity index (χ1) is 8.76. The van der Waals surface area contributed by atoms with Gasteiger partial charge in [0.25, 0.3) is 0 Å². The second kappa shape index (κ2) is 11.5. The van der Waals surface area contributed by atoms with E-state index in [2.05, 4.69) is 17.1 Å². The van der Waals surface area contributed by atoms with Gasteiger partial charge in [0.2, 0.25) is 6.41 Å². The summed E-state index contributed by atoms with van der Waals surface area (Å²) in [7, 11) is 1.84. The maximum absolute atomic E-state index is 10.5. The normalized spacial score (nSPS) is 16.1. The van der Waals surface area contributed by atoms with Gasteiger partial charge in [-0.25, -0.2) is 0 Å². The average Bonchev–Trinajstić information content (AvgIpc) is 2.46. The number of hydrogen-bond donors (Lipinski definition) is 1. The number of piperidine rings is 1. The van der Waals surface area contributed by atoms with Crippen LogP contribution in [0.5, 0.6) is 0 Å². The van der Waals surface area contributed by atoms with Gasteiger partial charge in [-0.15, -0.1) is 0 Å². The number of hydrogen-bond acceptors (Lipinski definition) is 3. The molecule has 1 saturated heterocycles. The zero-order valence-electron chi connectivity index (χ0n) is 12.6. The first-order valence-electron chi connectivity index (χ1n) is 7.34.